The molecular weight excluding hydrogens is 280 g/mol. The first-order chi connectivity index (χ1) is 9.86. The molecule has 21 heavy (non-hydrogen) atoms. The van der Waals surface area contributed by atoms with Crippen molar-refractivity contribution in [2.24, 2.45) is 5.73 Å². The SMILES string of the molecule is CCC(=CCOc1ccc(C(N)=O)cc1[N+](=O)[O-])C(=O)O. The molecule has 1 amide bonds. The van der Waals surface area contributed by atoms with Gasteiger partial charge in [-0.15, -0.1) is 0 Å². The molecule has 0 radical (unpaired) electrons. The maximum Gasteiger partial charge on any atom is 0.331 e. The molecule has 0 saturated heterocycles. The van der Waals surface area contributed by atoms with Crippen LogP contribution in [-0.4, -0.2) is 28.5 Å². The van der Waals surface area contributed by atoms with Crippen LogP contribution >= 0.6 is 0 Å². The Bertz CT molecular complexity index is 609. The Kier molecular flexibility index (Phi) is 5.41. The highest BCUT2D eigenvalue weighted by molar-refractivity contribution is 5.93. The number of rotatable bonds is 7. The van der Waals surface area contributed by atoms with Crippen LogP contribution in [0, 0.1) is 10.1 Å². The Morgan fingerprint density at radius 1 is 1.48 bits per heavy atom. The molecule has 0 aliphatic carbocycles. The number of benzene rings is 1. The van der Waals surface area contributed by atoms with Gasteiger partial charge in [0.05, 0.1) is 4.92 Å². The molecule has 0 spiro atoms. The summed E-state index contributed by atoms with van der Waals surface area (Å²) < 4.78 is 5.18. The van der Waals surface area contributed by atoms with Crippen LogP contribution in [0.1, 0.15) is 23.7 Å². The third kappa shape index (κ3) is 4.30. The average Bonchev–Trinajstić information content (AvgIpc) is 2.42. The third-order valence-electron chi connectivity index (χ3n) is 2.66. The van der Waals surface area contributed by atoms with E-state index in [9.17, 15) is 19.7 Å². The Morgan fingerprint density at radius 3 is 2.62 bits per heavy atom. The molecule has 0 aromatic heterocycles. The number of nitro benzene ring substituents is 1. The number of ether oxygens (including phenoxy) is 1. The zero-order valence-corrected chi connectivity index (χ0v) is 11.2. The number of carboxylic acid groups (broad SMARTS) is 1. The van der Waals surface area contributed by atoms with E-state index in [2.05, 4.69) is 0 Å². The van der Waals surface area contributed by atoms with E-state index in [1.54, 1.807) is 6.92 Å². The molecule has 0 heterocycles. The quantitative estimate of drug-likeness (QED) is 0.444. The molecule has 3 N–H and O–H groups in total. The fourth-order valence-corrected chi connectivity index (χ4v) is 1.55. The Labute approximate surface area is 120 Å². The van der Waals surface area contributed by atoms with Crippen molar-refractivity contribution in [3.8, 4) is 5.75 Å². The van der Waals surface area contributed by atoms with Gasteiger partial charge in [0, 0.05) is 17.2 Å². The predicted molar refractivity (Wildman–Crippen MR) is 73.1 cm³/mol. The first kappa shape index (κ1) is 16.2. The summed E-state index contributed by atoms with van der Waals surface area (Å²) in [6, 6.07) is 3.56. The molecule has 1 aromatic carbocycles. The summed E-state index contributed by atoms with van der Waals surface area (Å²) in [6.07, 6.45) is 1.63. The second-order valence-electron chi connectivity index (χ2n) is 4.00. The first-order valence-electron chi connectivity index (χ1n) is 6.00. The lowest BCUT2D eigenvalue weighted by atomic mass is 10.2. The number of carboxylic acids is 1. The van der Waals surface area contributed by atoms with Gasteiger partial charge in [-0.2, -0.15) is 0 Å². The fraction of sp³-hybridized carbons (Fsp3) is 0.231. The van der Waals surface area contributed by atoms with Crippen molar-refractivity contribution in [3.63, 3.8) is 0 Å². The molecular formula is C13H14N2O6. The van der Waals surface area contributed by atoms with Gasteiger partial charge in [-0.25, -0.2) is 4.79 Å². The number of nitro groups is 1. The van der Waals surface area contributed by atoms with Crippen LogP contribution in [0.25, 0.3) is 0 Å². The van der Waals surface area contributed by atoms with Crippen molar-refractivity contribution in [1.29, 1.82) is 0 Å². The molecule has 112 valence electrons. The molecule has 0 bridgehead atoms. The van der Waals surface area contributed by atoms with E-state index in [0.29, 0.717) is 6.42 Å². The zero-order valence-electron chi connectivity index (χ0n) is 11.2. The lowest BCUT2D eigenvalue weighted by Crippen LogP contribution is -2.11. The second kappa shape index (κ2) is 7.04. The van der Waals surface area contributed by atoms with Crippen LogP contribution in [0.4, 0.5) is 5.69 Å². The zero-order chi connectivity index (χ0) is 16.0. The summed E-state index contributed by atoms with van der Waals surface area (Å²) >= 11 is 0. The van der Waals surface area contributed by atoms with Crippen LogP contribution in [0.5, 0.6) is 5.75 Å². The number of nitrogens with zero attached hydrogens (tertiary/aromatic N) is 1. The van der Waals surface area contributed by atoms with E-state index >= 15 is 0 Å². The van der Waals surface area contributed by atoms with Gasteiger partial charge < -0.3 is 15.6 Å². The minimum absolute atomic E-state index is 0.00984. The molecule has 0 saturated carbocycles. The highest BCUT2D eigenvalue weighted by atomic mass is 16.6. The molecule has 1 rings (SSSR count). The van der Waals surface area contributed by atoms with Gasteiger partial charge in [-0.3, -0.25) is 14.9 Å². The van der Waals surface area contributed by atoms with Crippen LogP contribution in [-0.2, 0) is 4.79 Å². The van der Waals surface area contributed by atoms with E-state index < -0.39 is 22.5 Å². The monoisotopic (exact) mass is 294 g/mol. The lowest BCUT2D eigenvalue weighted by molar-refractivity contribution is -0.385. The van der Waals surface area contributed by atoms with Crippen LogP contribution < -0.4 is 10.5 Å². The Balaban J connectivity index is 2.96. The molecule has 0 aliphatic heterocycles. The molecule has 8 heteroatoms. The van der Waals surface area contributed by atoms with Gasteiger partial charge in [0.1, 0.15) is 6.61 Å². The summed E-state index contributed by atoms with van der Waals surface area (Å²) in [5.41, 5.74) is 4.77. The lowest BCUT2D eigenvalue weighted by Gasteiger charge is -2.06. The topological polar surface area (TPSA) is 133 Å². The highest BCUT2D eigenvalue weighted by Crippen LogP contribution is 2.27. The number of carbonyl (C=O) groups is 2. The van der Waals surface area contributed by atoms with E-state index in [0.717, 1.165) is 6.07 Å². The van der Waals surface area contributed by atoms with Gasteiger partial charge >= 0.3 is 11.7 Å². The summed E-state index contributed by atoms with van der Waals surface area (Å²) in [7, 11) is 0. The van der Waals surface area contributed by atoms with Crippen LogP contribution in [0.2, 0.25) is 0 Å². The number of amides is 1. The van der Waals surface area contributed by atoms with Crippen LogP contribution in [0.15, 0.2) is 29.8 Å². The van der Waals surface area contributed by atoms with Gasteiger partial charge in [0.15, 0.2) is 5.75 Å². The fourth-order valence-electron chi connectivity index (χ4n) is 1.55. The Hall–Kier alpha value is -2.90. The molecule has 0 aliphatic rings. The Morgan fingerprint density at radius 2 is 2.14 bits per heavy atom. The number of primary amides is 1. The number of nitrogens with two attached hydrogens (primary N) is 1. The molecule has 0 unspecified atom stereocenters. The average molecular weight is 294 g/mol. The van der Waals surface area contributed by atoms with Gasteiger partial charge in [0.2, 0.25) is 5.91 Å². The largest absolute Gasteiger partial charge is 0.483 e. The van der Waals surface area contributed by atoms with E-state index in [1.165, 1.54) is 18.2 Å². The summed E-state index contributed by atoms with van der Waals surface area (Å²) in [6.45, 7) is 1.54. The van der Waals surface area contributed by atoms with Crippen molar-refractivity contribution >= 4 is 17.6 Å². The summed E-state index contributed by atoms with van der Waals surface area (Å²) in [4.78, 5) is 32.0. The summed E-state index contributed by atoms with van der Waals surface area (Å²) in [5.74, 6) is -1.93. The molecule has 1 aromatic rings. The third-order valence-corrected chi connectivity index (χ3v) is 2.66. The summed E-state index contributed by atoms with van der Waals surface area (Å²) in [5, 5.41) is 19.7. The van der Waals surface area contributed by atoms with Crippen molar-refractivity contribution in [1.82, 2.24) is 0 Å². The van der Waals surface area contributed by atoms with E-state index in [-0.39, 0.29) is 23.5 Å². The molecule has 8 nitrogen and oxygen atoms in total. The number of hydrogen-bond acceptors (Lipinski definition) is 5. The van der Waals surface area contributed by atoms with Crippen molar-refractivity contribution in [2.45, 2.75) is 13.3 Å². The van der Waals surface area contributed by atoms with Crippen molar-refractivity contribution < 1.29 is 24.4 Å². The molecule has 0 fully saturated rings. The van der Waals surface area contributed by atoms with Crippen molar-refractivity contribution in [2.75, 3.05) is 6.61 Å². The van der Waals surface area contributed by atoms with Crippen molar-refractivity contribution in [3.05, 3.63) is 45.5 Å². The van der Waals surface area contributed by atoms with Crippen LogP contribution in [0.3, 0.4) is 0 Å². The number of hydrogen-bond donors (Lipinski definition) is 2. The van der Waals surface area contributed by atoms with Gasteiger partial charge in [0.25, 0.3) is 0 Å². The highest BCUT2D eigenvalue weighted by Gasteiger charge is 2.17. The van der Waals surface area contributed by atoms with Gasteiger partial charge in [-0.1, -0.05) is 6.92 Å². The predicted octanol–water partition coefficient (Wildman–Crippen LogP) is 1.49. The normalized spacial score (nSPS) is 11.0. The first-order valence-corrected chi connectivity index (χ1v) is 6.00. The smallest absolute Gasteiger partial charge is 0.331 e. The second-order valence-corrected chi connectivity index (χ2v) is 4.00. The standard InChI is InChI=1S/C13H14N2O6/c1-2-8(13(17)18)5-6-21-11-4-3-9(12(14)16)7-10(11)15(19)20/h3-5,7H,2,6H2,1H3,(H2,14,16)(H,17,18). The van der Waals surface area contributed by atoms with E-state index in [4.69, 9.17) is 15.6 Å². The van der Waals surface area contributed by atoms with E-state index in [1.807, 2.05) is 0 Å². The molecule has 0 atom stereocenters. The van der Waals surface area contributed by atoms with Gasteiger partial charge in [-0.05, 0) is 24.6 Å². The number of carbonyl (C=O) groups excluding carboxylic acids is 1. The maximum absolute atomic E-state index is 11.0. The minimum atomic E-state index is -1.07. The maximum atomic E-state index is 11.0. The number of aliphatic carboxylic acids is 1. The minimum Gasteiger partial charge on any atom is -0.483 e.